The molecule has 19 heavy (non-hydrogen) atoms. The van der Waals surface area contributed by atoms with Crippen molar-refractivity contribution in [3.63, 3.8) is 0 Å². The summed E-state index contributed by atoms with van der Waals surface area (Å²) in [4.78, 5) is 0. The molecule has 1 aromatic rings. The lowest BCUT2D eigenvalue weighted by Gasteiger charge is -2.07. The number of primary sulfonamides is 1. The maximum absolute atomic E-state index is 11.7. The van der Waals surface area contributed by atoms with Gasteiger partial charge in [-0.3, -0.25) is 0 Å². The van der Waals surface area contributed by atoms with Crippen LogP contribution in [-0.4, -0.2) is 29.1 Å². The van der Waals surface area contributed by atoms with Crippen LogP contribution in [0.15, 0.2) is 24.3 Å². The summed E-state index contributed by atoms with van der Waals surface area (Å²) in [5.41, 5.74) is 0.618. The summed E-state index contributed by atoms with van der Waals surface area (Å²) in [7, 11) is -7.42. The predicted octanol–water partition coefficient (Wildman–Crippen LogP) is -0.734. The number of nitrogens with two attached hydrogens (primary N) is 1. The summed E-state index contributed by atoms with van der Waals surface area (Å²) in [5.74, 6) is -0.868. The first-order valence-electron chi connectivity index (χ1n) is 5.19. The number of nitriles is 1. The summed E-state index contributed by atoms with van der Waals surface area (Å²) in [6.45, 7) is -0.296. The highest BCUT2D eigenvalue weighted by molar-refractivity contribution is 7.89. The van der Waals surface area contributed by atoms with E-state index in [0.717, 1.165) is 0 Å². The van der Waals surface area contributed by atoms with Crippen molar-refractivity contribution in [2.75, 3.05) is 12.3 Å². The van der Waals surface area contributed by atoms with Gasteiger partial charge in [-0.05, 0) is 11.6 Å². The molecule has 0 radical (unpaired) electrons. The van der Waals surface area contributed by atoms with Crippen molar-refractivity contribution in [1.82, 2.24) is 4.72 Å². The second-order valence-electron chi connectivity index (χ2n) is 3.79. The smallest absolute Gasteiger partial charge is 0.215 e. The van der Waals surface area contributed by atoms with Crippen LogP contribution in [0.2, 0.25) is 0 Å². The van der Waals surface area contributed by atoms with Gasteiger partial charge in [0.05, 0.1) is 23.1 Å². The summed E-state index contributed by atoms with van der Waals surface area (Å²) in [6.07, 6.45) is 0. The molecule has 0 saturated heterocycles. The second kappa shape index (κ2) is 6.12. The zero-order valence-corrected chi connectivity index (χ0v) is 11.5. The minimum Gasteiger partial charge on any atom is -0.229 e. The van der Waals surface area contributed by atoms with Gasteiger partial charge in [0, 0.05) is 6.54 Å². The molecule has 9 heteroatoms. The maximum atomic E-state index is 11.7. The van der Waals surface area contributed by atoms with E-state index >= 15 is 0 Å². The third kappa shape index (κ3) is 5.80. The third-order valence-electron chi connectivity index (χ3n) is 2.19. The second-order valence-corrected chi connectivity index (χ2v) is 7.33. The van der Waals surface area contributed by atoms with Gasteiger partial charge in [-0.1, -0.05) is 18.2 Å². The minimum absolute atomic E-state index is 0.263. The molecule has 0 unspecified atom stereocenters. The van der Waals surface area contributed by atoms with Gasteiger partial charge in [0.2, 0.25) is 20.0 Å². The molecule has 0 aromatic heterocycles. The number of nitrogens with zero attached hydrogens (tertiary/aromatic N) is 1. The fourth-order valence-electron chi connectivity index (χ4n) is 1.35. The van der Waals surface area contributed by atoms with Crippen molar-refractivity contribution < 1.29 is 16.8 Å². The Labute approximate surface area is 112 Å². The van der Waals surface area contributed by atoms with Crippen LogP contribution in [0.5, 0.6) is 0 Å². The first-order chi connectivity index (χ1) is 8.73. The summed E-state index contributed by atoms with van der Waals surface area (Å²) in [6, 6.07) is 8.17. The quantitative estimate of drug-likeness (QED) is 0.715. The van der Waals surface area contributed by atoms with Gasteiger partial charge in [0.15, 0.2) is 0 Å². The van der Waals surface area contributed by atoms with Crippen LogP contribution >= 0.6 is 0 Å². The zero-order chi connectivity index (χ0) is 14.5. The lowest BCUT2D eigenvalue weighted by Crippen LogP contribution is -2.32. The summed E-state index contributed by atoms with van der Waals surface area (Å²) in [5, 5.41) is 13.6. The molecular formula is C10H13N3O4S2. The number of nitrogens with one attached hydrogen (secondary N) is 1. The van der Waals surface area contributed by atoms with E-state index in [4.69, 9.17) is 10.4 Å². The van der Waals surface area contributed by atoms with Crippen LogP contribution in [0, 0.1) is 11.3 Å². The van der Waals surface area contributed by atoms with E-state index in [-0.39, 0.29) is 17.9 Å². The monoisotopic (exact) mass is 303 g/mol. The number of hydrogen-bond acceptors (Lipinski definition) is 5. The Morgan fingerprint density at radius 1 is 1.21 bits per heavy atom. The molecule has 0 saturated carbocycles. The molecule has 0 spiro atoms. The maximum Gasteiger partial charge on any atom is 0.215 e. The van der Waals surface area contributed by atoms with Crippen molar-refractivity contribution >= 4 is 20.0 Å². The van der Waals surface area contributed by atoms with Crippen LogP contribution in [0.4, 0.5) is 0 Å². The van der Waals surface area contributed by atoms with Crippen LogP contribution in [0.1, 0.15) is 11.1 Å². The normalized spacial score (nSPS) is 12.0. The number of sulfonamides is 2. The van der Waals surface area contributed by atoms with E-state index in [0.29, 0.717) is 5.56 Å². The highest BCUT2D eigenvalue weighted by Crippen LogP contribution is 2.10. The molecule has 104 valence electrons. The SMILES string of the molecule is N#Cc1ccccc1CS(=O)(=O)NCCS(N)(=O)=O. The molecule has 0 aliphatic carbocycles. The van der Waals surface area contributed by atoms with Crippen molar-refractivity contribution in [3.05, 3.63) is 35.4 Å². The molecular weight excluding hydrogens is 290 g/mol. The van der Waals surface area contributed by atoms with Gasteiger partial charge in [0.1, 0.15) is 0 Å². The fourth-order valence-corrected chi connectivity index (χ4v) is 3.04. The van der Waals surface area contributed by atoms with Crippen LogP contribution < -0.4 is 9.86 Å². The van der Waals surface area contributed by atoms with Gasteiger partial charge >= 0.3 is 0 Å². The summed E-state index contributed by atoms with van der Waals surface area (Å²) < 4.78 is 46.9. The number of benzene rings is 1. The van der Waals surface area contributed by atoms with E-state index < -0.39 is 25.8 Å². The summed E-state index contributed by atoms with van der Waals surface area (Å²) >= 11 is 0. The van der Waals surface area contributed by atoms with Crippen LogP contribution in [0.25, 0.3) is 0 Å². The molecule has 0 atom stereocenters. The zero-order valence-electron chi connectivity index (χ0n) is 9.90. The van der Waals surface area contributed by atoms with Crippen molar-refractivity contribution in [1.29, 1.82) is 5.26 Å². The van der Waals surface area contributed by atoms with E-state index in [2.05, 4.69) is 4.72 Å². The van der Waals surface area contributed by atoms with Gasteiger partial charge < -0.3 is 0 Å². The fraction of sp³-hybridized carbons (Fsp3) is 0.300. The molecule has 0 aliphatic rings. The lowest BCUT2D eigenvalue weighted by molar-refractivity contribution is 0.580. The van der Waals surface area contributed by atoms with Crippen molar-refractivity contribution in [2.45, 2.75) is 5.75 Å². The molecule has 0 heterocycles. The molecule has 0 amide bonds. The Bertz CT molecular complexity index is 690. The Morgan fingerprint density at radius 2 is 1.84 bits per heavy atom. The van der Waals surface area contributed by atoms with Gasteiger partial charge in [-0.25, -0.2) is 26.7 Å². The first-order valence-corrected chi connectivity index (χ1v) is 8.56. The first kappa shape index (κ1) is 15.6. The van der Waals surface area contributed by atoms with Crippen molar-refractivity contribution in [3.8, 4) is 6.07 Å². The standard InChI is InChI=1S/C10H13N3O4S2/c11-7-9-3-1-2-4-10(9)8-19(16,17)13-5-6-18(12,14)15/h1-4,13H,5-6,8H2,(H2,12,14,15). The highest BCUT2D eigenvalue weighted by Gasteiger charge is 2.14. The van der Waals surface area contributed by atoms with Crippen molar-refractivity contribution in [2.24, 2.45) is 5.14 Å². The topological polar surface area (TPSA) is 130 Å². The Kier molecular flexibility index (Phi) is 5.02. The Morgan fingerprint density at radius 3 is 2.42 bits per heavy atom. The van der Waals surface area contributed by atoms with E-state index in [1.807, 2.05) is 6.07 Å². The molecule has 7 nitrogen and oxygen atoms in total. The Hall–Kier alpha value is -1.47. The van der Waals surface area contributed by atoms with E-state index in [1.165, 1.54) is 12.1 Å². The highest BCUT2D eigenvalue weighted by atomic mass is 32.2. The molecule has 1 rings (SSSR count). The lowest BCUT2D eigenvalue weighted by atomic mass is 10.1. The number of hydrogen-bond donors (Lipinski definition) is 2. The molecule has 1 aromatic carbocycles. The minimum atomic E-state index is -3.71. The molecule has 0 fully saturated rings. The molecule has 0 aliphatic heterocycles. The van der Waals surface area contributed by atoms with E-state index in [1.54, 1.807) is 12.1 Å². The molecule has 3 N–H and O–H groups in total. The Balaban J connectivity index is 2.73. The van der Waals surface area contributed by atoms with Gasteiger partial charge in [0.25, 0.3) is 0 Å². The third-order valence-corrected chi connectivity index (χ3v) is 4.30. The van der Waals surface area contributed by atoms with Crippen LogP contribution in [0.3, 0.4) is 0 Å². The average Bonchev–Trinajstić information content (AvgIpc) is 2.27. The largest absolute Gasteiger partial charge is 0.229 e. The van der Waals surface area contributed by atoms with Gasteiger partial charge in [-0.15, -0.1) is 0 Å². The average molecular weight is 303 g/mol. The predicted molar refractivity (Wildman–Crippen MR) is 69.8 cm³/mol. The van der Waals surface area contributed by atoms with Crippen LogP contribution in [-0.2, 0) is 25.8 Å². The molecule has 0 bridgehead atoms. The van der Waals surface area contributed by atoms with Gasteiger partial charge in [-0.2, -0.15) is 5.26 Å². The van der Waals surface area contributed by atoms with E-state index in [9.17, 15) is 16.8 Å². The number of rotatable bonds is 6.